The number of hydrogen-bond donors (Lipinski definition) is 2. The second-order valence-electron chi connectivity index (χ2n) is 6.05. The van der Waals surface area contributed by atoms with Gasteiger partial charge in [-0.1, -0.05) is 13.8 Å². The molecule has 1 atom stereocenters. The molecule has 0 radical (unpaired) electrons. The van der Waals surface area contributed by atoms with Crippen LogP contribution in [-0.4, -0.2) is 12.7 Å². The SMILES string of the molecule is COC1(C(NN)c2ccco2)CCC(C)(C)CC1. The molecular formula is C14H24N2O2. The molecular weight excluding hydrogens is 228 g/mol. The average Bonchev–Trinajstić information content (AvgIpc) is 2.86. The highest BCUT2D eigenvalue weighted by Gasteiger charge is 2.45. The molecule has 4 heteroatoms. The molecule has 1 heterocycles. The predicted octanol–water partition coefficient (Wildman–Crippen LogP) is 2.77. The van der Waals surface area contributed by atoms with Crippen LogP contribution < -0.4 is 11.3 Å². The van der Waals surface area contributed by atoms with Gasteiger partial charge in [0.05, 0.1) is 11.9 Å². The zero-order valence-electron chi connectivity index (χ0n) is 11.5. The largest absolute Gasteiger partial charge is 0.468 e. The lowest BCUT2D eigenvalue weighted by Gasteiger charge is -2.46. The van der Waals surface area contributed by atoms with Crippen molar-refractivity contribution in [3.05, 3.63) is 24.2 Å². The Morgan fingerprint density at radius 2 is 2.00 bits per heavy atom. The minimum absolute atomic E-state index is 0.0893. The van der Waals surface area contributed by atoms with Crippen LogP contribution in [0.2, 0.25) is 0 Å². The molecule has 18 heavy (non-hydrogen) atoms. The fourth-order valence-corrected chi connectivity index (χ4v) is 2.91. The van der Waals surface area contributed by atoms with E-state index in [0.29, 0.717) is 5.41 Å². The summed E-state index contributed by atoms with van der Waals surface area (Å²) in [6, 6.07) is 3.74. The van der Waals surface area contributed by atoms with Crippen LogP contribution >= 0.6 is 0 Å². The molecule has 3 N–H and O–H groups in total. The maximum Gasteiger partial charge on any atom is 0.124 e. The molecule has 102 valence electrons. The highest BCUT2D eigenvalue weighted by Crippen LogP contribution is 2.47. The van der Waals surface area contributed by atoms with Crippen molar-refractivity contribution in [2.75, 3.05) is 7.11 Å². The summed E-state index contributed by atoms with van der Waals surface area (Å²) in [5.41, 5.74) is 3.01. The molecule has 1 aliphatic rings. The van der Waals surface area contributed by atoms with Crippen LogP contribution in [0.1, 0.15) is 51.3 Å². The Morgan fingerprint density at radius 1 is 1.33 bits per heavy atom. The molecule has 0 aliphatic heterocycles. The number of nitrogens with two attached hydrogens (primary N) is 1. The smallest absolute Gasteiger partial charge is 0.124 e. The summed E-state index contributed by atoms with van der Waals surface area (Å²) in [7, 11) is 1.77. The van der Waals surface area contributed by atoms with Crippen molar-refractivity contribution >= 4 is 0 Å². The first kappa shape index (κ1) is 13.6. The summed E-state index contributed by atoms with van der Waals surface area (Å²) < 4.78 is 11.3. The Bertz CT molecular complexity index is 363. The Balaban J connectivity index is 2.21. The van der Waals surface area contributed by atoms with Gasteiger partial charge in [-0.05, 0) is 43.2 Å². The van der Waals surface area contributed by atoms with Crippen LogP contribution in [0, 0.1) is 5.41 Å². The molecule has 0 bridgehead atoms. The van der Waals surface area contributed by atoms with Crippen molar-refractivity contribution < 1.29 is 9.15 Å². The number of methoxy groups -OCH3 is 1. The Morgan fingerprint density at radius 3 is 2.44 bits per heavy atom. The summed E-state index contributed by atoms with van der Waals surface area (Å²) in [5.74, 6) is 6.58. The fraction of sp³-hybridized carbons (Fsp3) is 0.714. The molecule has 1 aliphatic carbocycles. The molecule has 1 saturated carbocycles. The zero-order valence-corrected chi connectivity index (χ0v) is 11.5. The van der Waals surface area contributed by atoms with E-state index in [4.69, 9.17) is 15.0 Å². The van der Waals surface area contributed by atoms with Crippen molar-refractivity contribution in [3.8, 4) is 0 Å². The highest BCUT2D eigenvalue weighted by atomic mass is 16.5. The van der Waals surface area contributed by atoms with Gasteiger partial charge in [0.1, 0.15) is 11.8 Å². The lowest BCUT2D eigenvalue weighted by molar-refractivity contribution is -0.0917. The van der Waals surface area contributed by atoms with Crippen molar-refractivity contribution in [2.45, 2.75) is 51.2 Å². The van der Waals surface area contributed by atoms with Gasteiger partial charge in [-0.3, -0.25) is 5.84 Å². The first-order valence-electron chi connectivity index (χ1n) is 6.58. The molecule has 2 rings (SSSR count). The molecule has 1 unspecified atom stereocenters. The van der Waals surface area contributed by atoms with Gasteiger partial charge in [-0.15, -0.1) is 0 Å². The topological polar surface area (TPSA) is 60.4 Å². The van der Waals surface area contributed by atoms with E-state index in [9.17, 15) is 0 Å². The first-order valence-corrected chi connectivity index (χ1v) is 6.58. The normalized spacial score (nSPS) is 23.8. The lowest BCUT2D eigenvalue weighted by atomic mass is 9.68. The van der Waals surface area contributed by atoms with E-state index in [2.05, 4.69) is 19.3 Å². The quantitative estimate of drug-likeness (QED) is 0.639. The summed E-state index contributed by atoms with van der Waals surface area (Å²) in [6.07, 6.45) is 5.94. The van der Waals surface area contributed by atoms with Crippen molar-refractivity contribution in [1.29, 1.82) is 0 Å². The molecule has 0 spiro atoms. The number of hydrogen-bond acceptors (Lipinski definition) is 4. The van der Waals surface area contributed by atoms with E-state index < -0.39 is 0 Å². The second-order valence-corrected chi connectivity index (χ2v) is 6.05. The van der Waals surface area contributed by atoms with Crippen LogP contribution in [0.15, 0.2) is 22.8 Å². The van der Waals surface area contributed by atoms with Crippen LogP contribution in [-0.2, 0) is 4.74 Å². The van der Waals surface area contributed by atoms with Gasteiger partial charge in [-0.2, -0.15) is 0 Å². The predicted molar refractivity (Wildman–Crippen MR) is 70.8 cm³/mol. The van der Waals surface area contributed by atoms with E-state index >= 15 is 0 Å². The second kappa shape index (κ2) is 5.03. The van der Waals surface area contributed by atoms with Gasteiger partial charge < -0.3 is 9.15 Å². The third-order valence-corrected chi connectivity index (χ3v) is 4.38. The average molecular weight is 252 g/mol. The minimum Gasteiger partial charge on any atom is -0.468 e. The van der Waals surface area contributed by atoms with E-state index in [0.717, 1.165) is 31.4 Å². The van der Waals surface area contributed by atoms with Crippen LogP contribution in [0.5, 0.6) is 0 Å². The van der Waals surface area contributed by atoms with Gasteiger partial charge in [0.15, 0.2) is 0 Å². The van der Waals surface area contributed by atoms with Gasteiger partial charge in [0.2, 0.25) is 0 Å². The molecule has 0 saturated heterocycles. The molecule has 1 aromatic rings. The van der Waals surface area contributed by atoms with E-state index in [1.807, 2.05) is 12.1 Å². The zero-order chi connectivity index (χ0) is 13.2. The van der Waals surface area contributed by atoms with Crippen LogP contribution in [0.4, 0.5) is 0 Å². The number of rotatable bonds is 4. The molecule has 4 nitrogen and oxygen atoms in total. The van der Waals surface area contributed by atoms with Crippen molar-refractivity contribution in [3.63, 3.8) is 0 Å². The van der Waals surface area contributed by atoms with E-state index in [1.165, 1.54) is 0 Å². The fourth-order valence-electron chi connectivity index (χ4n) is 2.91. The van der Waals surface area contributed by atoms with Gasteiger partial charge in [0.25, 0.3) is 0 Å². The van der Waals surface area contributed by atoms with Crippen molar-refractivity contribution in [2.24, 2.45) is 11.3 Å². The summed E-state index contributed by atoms with van der Waals surface area (Å²) >= 11 is 0. The third kappa shape index (κ3) is 2.46. The van der Waals surface area contributed by atoms with Gasteiger partial charge in [0, 0.05) is 7.11 Å². The summed E-state index contributed by atoms with van der Waals surface area (Å²) in [4.78, 5) is 0. The van der Waals surface area contributed by atoms with Crippen LogP contribution in [0.25, 0.3) is 0 Å². The number of ether oxygens (including phenoxy) is 1. The monoisotopic (exact) mass is 252 g/mol. The number of furan rings is 1. The Labute approximate surface area is 109 Å². The number of nitrogens with one attached hydrogen (secondary N) is 1. The van der Waals surface area contributed by atoms with Gasteiger partial charge in [-0.25, -0.2) is 5.43 Å². The highest BCUT2D eigenvalue weighted by molar-refractivity contribution is 5.12. The molecule has 0 aromatic carbocycles. The van der Waals surface area contributed by atoms with E-state index in [-0.39, 0.29) is 11.6 Å². The maximum absolute atomic E-state index is 5.85. The third-order valence-electron chi connectivity index (χ3n) is 4.38. The minimum atomic E-state index is -0.262. The summed E-state index contributed by atoms with van der Waals surface area (Å²) in [5, 5.41) is 0. The number of hydrazine groups is 1. The first-order chi connectivity index (χ1) is 8.53. The summed E-state index contributed by atoms with van der Waals surface area (Å²) in [6.45, 7) is 4.62. The lowest BCUT2D eigenvalue weighted by Crippen LogP contribution is -2.50. The molecule has 1 aromatic heterocycles. The molecule has 0 amide bonds. The van der Waals surface area contributed by atoms with Gasteiger partial charge >= 0.3 is 0 Å². The molecule has 1 fully saturated rings. The Hall–Kier alpha value is -0.840. The van der Waals surface area contributed by atoms with E-state index in [1.54, 1.807) is 13.4 Å². The van der Waals surface area contributed by atoms with Crippen LogP contribution in [0.3, 0.4) is 0 Å². The maximum atomic E-state index is 5.85. The van der Waals surface area contributed by atoms with Crippen molar-refractivity contribution in [1.82, 2.24) is 5.43 Å². The Kier molecular flexibility index (Phi) is 3.80. The standard InChI is InChI=1S/C14H24N2O2/c1-13(2)6-8-14(17-3,9-7-13)12(16-15)11-5-4-10-18-11/h4-5,10,12,16H,6-9,15H2,1-3H3.